The average Bonchev–Trinajstić information content (AvgIpc) is 3.36. The van der Waals surface area contributed by atoms with Crippen LogP contribution in [0, 0.1) is 5.92 Å². The zero-order valence-electron chi connectivity index (χ0n) is 22.2. The molecule has 1 saturated carbocycles. The summed E-state index contributed by atoms with van der Waals surface area (Å²) >= 11 is 0. The summed E-state index contributed by atoms with van der Waals surface area (Å²) in [5.41, 5.74) is 2.55. The third-order valence-corrected chi connectivity index (χ3v) is 7.39. The van der Waals surface area contributed by atoms with Crippen molar-refractivity contribution in [3.05, 3.63) is 59.7 Å². The highest BCUT2D eigenvalue weighted by atomic mass is 16.4. The molecular formula is C29H38N4O5. The van der Waals surface area contributed by atoms with Gasteiger partial charge in [0.05, 0.1) is 12.1 Å². The van der Waals surface area contributed by atoms with E-state index in [1.165, 1.54) is 6.42 Å². The van der Waals surface area contributed by atoms with Gasteiger partial charge in [0.2, 0.25) is 0 Å². The molecule has 9 heteroatoms. The first kappa shape index (κ1) is 27.4. The Bertz CT molecular complexity index is 1210. The minimum Gasteiger partial charge on any atom is -0.465 e. The van der Waals surface area contributed by atoms with E-state index in [0.29, 0.717) is 41.6 Å². The minimum absolute atomic E-state index is 0.0192. The fourth-order valence-corrected chi connectivity index (χ4v) is 5.11. The number of aliphatic hydroxyl groups is 1. The van der Waals surface area contributed by atoms with Gasteiger partial charge in [-0.1, -0.05) is 49.6 Å². The van der Waals surface area contributed by atoms with E-state index in [1.807, 2.05) is 49.2 Å². The van der Waals surface area contributed by atoms with Crippen LogP contribution in [0.15, 0.2) is 52.9 Å². The number of aliphatic hydroxyl groups excluding tert-OH is 1. The average molecular weight is 523 g/mol. The van der Waals surface area contributed by atoms with Gasteiger partial charge in [-0.25, -0.2) is 4.79 Å². The summed E-state index contributed by atoms with van der Waals surface area (Å²) in [6.45, 7) is 3.27. The summed E-state index contributed by atoms with van der Waals surface area (Å²) in [5, 5.41) is 23.1. The monoisotopic (exact) mass is 522 g/mol. The summed E-state index contributed by atoms with van der Waals surface area (Å²) in [5.74, 6) is 0.130. The quantitative estimate of drug-likeness (QED) is 0.338. The third kappa shape index (κ3) is 7.04. The first-order chi connectivity index (χ1) is 18.3. The Balaban J connectivity index is 1.57. The molecule has 0 bridgehead atoms. The molecule has 1 aliphatic carbocycles. The van der Waals surface area contributed by atoms with E-state index in [9.17, 15) is 19.8 Å². The molecular weight excluding hydrogens is 484 g/mol. The lowest BCUT2D eigenvalue weighted by atomic mass is 9.88. The molecule has 3 aromatic rings. The zero-order valence-corrected chi connectivity index (χ0v) is 22.2. The number of aromatic nitrogens is 1. The maximum Gasteiger partial charge on any atom is 0.404 e. The second kappa shape index (κ2) is 12.8. The minimum atomic E-state index is -1.21. The van der Waals surface area contributed by atoms with E-state index in [4.69, 9.17) is 4.42 Å². The van der Waals surface area contributed by atoms with E-state index in [0.717, 1.165) is 37.8 Å². The van der Waals surface area contributed by atoms with Crippen LogP contribution >= 0.6 is 0 Å². The van der Waals surface area contributed by atoms with Gasteiger partial charge in [0, 0.05) is 32.2 Å². The lowest BCUT2D eigenvalue weighted by molar-refractivity contribution is 0.0479. The number of carbonyl (C=O) groups is 2. The molecule has 1 aromatic heterocycles. The van der Waals surface area contributed by atoms with E-state index >= 15 is 0 Å². The number of benzene rings is 2. The Morgan fingerprint density at radius 1 is 1.13 bits per heavy atom. The summed E-state index contributed by atoms with van der Waals surface area (Å²) < 4.78 is 5.89. The molecule has 9 nitrogen and oxygen atoms in total. The number of carbonyl (C=O) groups excluding carboxylic acids is 1. The van der Waals surface area contributed by atoms with Crippen molar-refractivity contribution < 1.29 is 24.2 Å². The number of nitrogens with zero attached hydrogens (tertiary/aromatic N) is 3. The van der Waals surface area contributed by atoms with Crippen molar-refractivity contribution in [3.63, 3.8) is 0 Å². The molecule has 1 aliphatic rings. The standard InChI is InChI=1S/C29H38N4O5/c1-3-32(2)28-30-23-15-14-22(17-26(23)38-28)27(35)33(18-21-12-8-5-9-13-21)19-25(34)24(31-29(36)37)16-20-10-6-4-7-11-20/h4,6-7,10-11,14-15,17,21,24-25,31,34H,3,5,8-9,12-13,16,18-19H2,1-2H3,(H,36,37)/t24?,25-/m1/s1. The van der Waals surface area contributed by atoms with E-state index in [-0.39, 0.29) is 12.5 Å². The maximum absolute atomic E-state index is 13.8. The highest BCUT2D eigenvalue weighted by Crippen LogP contribution is 2.27. The number of oxazole rings is 1. The van der Waals surface area contributed by atoms with Gasteiger partial charge in [-0.3, -0.25) is 4.79 Å². The van der Waals surface area contributed by atoms with Crippen molar-refractivity contribution >= 4 is 29.1 Å². The molecule has 38 heavy (non-hydrogen) atoms. The number of hydrogen-bond acceptors (Lipinski definition) is 6. The Labute approximate surface area is 223 Å². The molecule has 3 N–H and O–H groups in total. The van der Waals surface area contributed by atoms with Crippen LogP contribution in [0.25, 0.3) is 11.1 Å². The molecule has 1 fully saturated rings. The molecule has 204 valence electrons. The summed E-state index contributed by atoms with van der Waals surface area (Å²) in [6.07, 6.45) is 3.55. The smallest absolute Gasteiger partial charge is 0.404 e. The van der Waals surface area contributed by atoms with Gasteiger partial charge in [-0.15, -0.1) is 0 Å². The van der Waals surface area contributed by atoms with Gasteiger partial charge in [0.25, 0.3) is 11.9 Å². The van der Waals surface area contributed by atoms with Crippen LogP contribution in [0.3, 0.4) is 0 Å². The Hall–Kier alpha value is -3.59. The number of fused-ring (bicyclic) bond motifs is 1. The molecule has 4 rings (SSSR count). The second-order valence-electron chi connectivity index (χ2n) is 10.2. The summed E-state index contributed by atoms with van der Waals surface area (Å²) in [7, 11) is 1.89. The Kier molecular flexibility index (Phi) is 9.23. The van der Waals surface area contributed by atoms with E-state index in [1.54, 1.807) is 23.1 Å². The highest BCUT2D eigenvalue weighted by Gasteiger charge is 2.29. The van der Waals surface area contributed by atoms with Crippen molar-refractivity contribution in [2.24, 2.45) is 5.92 Å². The zero-order chi connectivity index (χ0) is 27.1. The van der Waals surface area contributed by atoms with Crippen LogP contribution in [-0.4, -0.2) is 70.9 Å². The topological polar surface area (TPSA) is 119 Å². The molecule has 1 heterocycles. The molecule has 1 unspecified atom stereocenters. The van der Waals surface area contributed by atoms with Crippen LogP contribution in [0.2, 0.25) is 0 Å². The Morgan fingerprint density at radius 3 is 2.55 bits per heavy atom. The number of carboxylic acid groups (broad SMARTS) is 1. The fraction of sp³-hybridized carbons (Fsp3) is 0.483. The van der Waals surface area contributed by atoms with Gasteiger partial charge < -0.3 is 29.7 Å². The van der Waals surface area contributed by atoms with Crippen LogP contribution < -0.4 is 10.2 Å². The highest BCUT2D eigenvalue weighted by molar-refractivity contribution is 5.97. The molecule has 0 aliphatic heterocycles. The molecule has 0 saturated heterocycles. The molecule has 2 amide bonds. The predicted octanol–water partition coefficient (Wildman–Crippen LogP) is 4.55. The number of amides is 2. The van der Waals surface area contributed by atoms with Crippen molar-refractivity contribution in [1.29, 1.82) is 0 Å². The number of nitrogens with one attached hydrogen (secondary N) is 1. The van der Waals surface area contributed by atoms with Gasteiger partial charge >= 0.3 is 6.09 Å². The predicted molar refractivity (Wildman–Crippen MR) is 147 cm³/mol. The Morgan fingerprint density at radius 2 is 1.87 bits per heavy atom. The molecule has 2 atom stereocenters. The number of rotatable bonds is 11. The first-order valence-electron chi connectivity index (χ1n) is 13.5. The van der Waals surface area contributed by atoms with Crippen LogP contribution in [0.4, 0.5) is 10.8 Å². The van der Waals surface area contributed by atoms with Crippen LogP contribution in [0.5, 0.6) is 0 Å². The van der Waals surface area contributed by atoms with Crippen molar-refractivity contribution in [3.8, 4) is 0 Å². The van der Waals surface area contributed by atoms with Gasteiger partial charge in [-0.2, -0.15) is 4.98 Å². The molecule has 0 spiro atoms. The SMILES string of the molecule is CCN(C)c1nc2ccc(C(=O)N(CC3CCCCC3)C[C@@H](O)C(Cc3ccccc3)NC(=O)O)cc2o1. The first-order valence-corrected chi connectivity index (χ1v) is 13.5. The van der Waals surface area contributed by atoms with Crippen molar-refractivity contribution in [1.82, 2.24) is 15.2 Å². The lowest BCUT2D eigenvalue weighted by Crippen LogP contribution is -2.51. The van der Waals surface area contributed by atoms with Crippen molar-refractivity contribution in [2.75, 3.05) is 31.6 Å². The fourth-order valence-electron chi connectivity index (χ4n) is 5.11. The largest absolute Gasteiger partial charge is 0.465 e. The van der Waals surface area contributed by atoms with Crippen molar-refractivity contribution in [2.45, 2.75) is 57.6 Å². The van der Waals surface area contributed by atoms with Crippen LogP contribution in [0.1, 0.15) is 54.9 Å². The summed E-state index contributed by atoms with van der Waals surface area (Å²) in [6, 6.07) is 14.4. The number of hydrogen-bond donors (Lipinski definition) is 3. The van der Waals surface area contributed by atoms with E-state index in [2.05, 4.69) is 10.3 Å². The maximum atomic E-state index is 13.8. The molecule has 0 radical (unpaired) electrons. The third-order valence-electron chi connectivity index (χ3n) is 7.39. The molecule has 2 aromatic carbocycles. The lowest BCUT2D eigenvalue weighted by Gasteiger charge is -2.33. The number of anilines is 1. The normalized spacial score (nSPS) is 15.7. The van der Waals surface area contributed by atoms with Gasteiger partial charge in [-0.05, 0) is 55.9 Å². The van der Waals surface area contributed by atoms with Crippen LogP contribution in [-0.2, 0) is 6.42 Å². The second-order valence-corrected chi connectivity index (χ2v) is 10.2. The van der Waals surface area contributed by atoms with E-state index < -0.39 is 18.2 Å². The van der Waals surface area contributed by atoms with Gasteiger partial charge in [0.1, 0.15) is 5.52 Å². The van der Waals surface area contributed by atoms with Gasteiger partial charge in [0.15, 0.2) is 5.58 Å². The summed E-state index contributed by atoms with van der Waals surface area (Å²) in [4.78, 5) is 33.4.